The van der Waals surface area contributed by atoms with E-state index in [4.69, 9.17) is 4.74 Å². The van der Waals surface area contributed by atoms with Crippen molar-refractivity contribution >= 4 is 22.4 Å². The van der Waals surface area contributed by atoms with E-state index >= 15 is 0 Å². The highest BCUT2D eigenvalue weighted by Crippen LogP contribution is 2.21. The Morgan fingerprint density at radius 2 is 2.29 bits per heavy atom. The molecule has 3 aromatic heterocycles. The first kappa shape index (κ1) is 14.3. The smallest absolute Gasteiger partial charge is 0.140 e. The average Bonchev–Trinajstić information content (AvgIpc) is 3.13. The minimum atomic E-state index is 0.728. The molecule has 0 aliphatic heterocycles. The predicted octanol–water partition coefficient (Wildman–Crippen LogP) is 2.88. The maximum Gasteiger partial charge on any atom is 0.140 e. The van der Waals surface area contributed by atoms with Crippen molar-refractivity contribution in [3.8, 4) is 0 Å². The van der Waals surface area contributed by atoms with Gasteiger partial charge in [-0.3, -0.25) is 0 Å². The van der Waals surface area contributed by atoms with E-state index in [2.05, 4.69) is 44.6 Å². The first-order valence-corrected chi connectivity index (χ1v) is 7.91. The molecule has 3 heterocycles. The van der Waals surface area contributed by atoms with Gasteiger partial charge in [0.2, 0.25) is 0 Å². The average molecular weight is 301 g/mol. The number of hydrogen-bond donors (Lipinski definition) is 1. The number of pyridine rings is 1. The summed E-state index contributed by atoms with van der Waals surface area (Å²) in [4.78, 5) is 5.89. The van der Waals surface area contributed by atoms with Crippen molar-refractivity contribution < 1.29 is 4.74 Å². The maximum absolute atomic E-state index is 5.06. The second-order valence-corrected chi connectivity index (χ2v) is 5.94. The van der Waals surface area contributed by atoms with Gasteiger partial charge in [-0.1, -0.05) is 6.07 Å². The third kappa shape index (κ3) is 3.32. The molecule has 110 valence electrons. The van der Waals surface area contributed by atoms with Crippen LogP contribution in [0, 0.1) is 0 Å². The standard InChI is InChI=1S/C16H19N3OS/c1-20-8-7-17-10-13-11-19(12-14-4-3-9-21-14)16-15(13)5-2-6-18-16/h2-6,9,11,17H,7-8,10,12H2,1H3. The van der Waals surface area contributed by atoms with Gasteiger partial charge in [-0.25, -0.2) is 4.98 Å². The summed E-state index contributed by atoms with van der Waals surface area (Å²) in [6, 6.07) is 8.39. The first-order valence-electron chi connectivity index (χ1n) is 7.03. The molecular formula is C16H19N3OS. The number of rotatable bonds is 7. The molecule has 0 spiro atoms. The fourth-order valence-corrected chi connectivity index (χ4v) is 3.13. The van der Waals surface area contributed by atoms with Gasteiger partial charge in [-0.2, -0.15) is 0 Å². The van der Waals surface area contributed by atoms with Crippen LogP contribution in [0.4, 0.5) is 0 Å². The summed E-state index contributed by atoms with van der Waals surface area (Å²) >= 11 is 1.78. The van der Waals surface area contributed by atoms with E-state index in [1.807, 2.05) is 12.3 Å². The van der Waals surface area contributed by atoms with E-state index in [-0.39, 0.29) is 0 Å². The molecule has 0 bridgehead atoms. The molecule has 0 unspecified atom stereocenters. The van der Waals surface area contributed by atoms with E-state index in [9.17, 15) is 0 Å². The van der Waals surface area contributed by atoms with E-state index in [1.165, 1.54) is 15.8 Å². The minimum Gasteiger partial charge on any atom is -0.383 e. The second-order valence-electron chi connectivity index (χ2n) is 4.91. The molecular weight excluding hydrogens is 282 g/mol. The van der Waals surface area contributed by atoms with Crippen molar-refractivity contribution in [2.24, 2.45) is 0 Å². The van der Waals surface area contributed by atoms with Crippen LogP contribution in [0.3, 0.4) is 0 Å². The number of nitrogens with zero attached hydrogens (tertiary/aromatic N) is 2. The van der Waals surface area contributed by atoms with Gasteiger partial charge in [0.05, 0.1) is 13.2 Å². The molecule has 0 radical (unpaired) electrons. The van der Waals surface area contributed by atoms with Crippen molar-refractivity contribution in [3.63, 3.8) is 0 Å². The monoisotopic (exact) mass is 301 g/mol. The zero-order valence-electron chi connectivity index (χ0n) is 12.1. The van der Waals surface area contributed by atoms with Crippen LogP contribution in [0.25, 0.3) is 11.0 Å². The molecule has 21 heavy (non-hydrogen) atoms. The van der Waals surface area contributed by atoms with Crippen molar-refractivity contribution in [1.82, 2.24) is 14.9 Å². The van der Waals surface area contributed by atoms with Crippen LogP contribution in [0.2, 0.25) is 0 Å². The number of fused-ring (bicyclic) bond motifs is 1. The van der Waals surface area contributed by atoms with Crippen molar-refractivity contribution in [1.29, 1.82) is 0 Å². The van der Waals surface area contributed by atoms with Crippen LogP contribution in [0.5, 0.6) is 0 Å². The highest BCUT2D eigenvalue weighted by molar-refractivity contribution is 7.09. The quantitative estimate of drug-likeness (QED) is 0.682. The number of aromatic nitrogens is 2. The van der Waals surface area contributed by atoms with E-state index < -0.39 is 0 Å². The molecule has 0 saturated carbocycles. The summed E-state index contributed by atoms with van der Waals surface area (Å²) < 4.78 is 7.29. The van der Waals surface area contributed by atoms with Gasteiger partial charge in [0, 0.05) is 42.9 Å². The Balaban J connectivity index is 1.83. The minimum absolute atomic E-state index is 0.728. The topological polar surface area (TPSA) is 39.1 Å². The van der Waals surface area contributed by atoms with E-state index in [0.29, 0.717) is 0 Å². The van der Waals surface area contributed by atoms with Crippen LogP contribution >= 0.6 is 11.3 Å². The maximum atomic E-state index is 5.06. The van der Waals surface area contributed by atoms with Crippen LogP contribution in [-0.2, 0) is 17.8 Å². The number of ether oxygens (including phenoxy) is 1. The number of nitrogens with one attached hydrogen (secondary N) is 1. The van der Waals surface area contributed by atoms with Gasteiger partial charge >= 0.3 is 0 Å². The van der Waals surface area contributed by atoms with Crippen LogP contribution in [-0.4, -0.2) is 29.8 Å². The summed E-state index contributed by atoms with van der Waals surface area (Å²) in [6.07, 6.45) is 4.06. The SMILES string of the molecule is COCCNCc1cn(Cc2cccs2)c2ncccc12. The third-order valence-corrected chi connectivity index (χ3v) is 4.28. The summed E-state index contributed by atoms with van der Waals surface area (Å²) in [5.74, 6) is 0. The summed E-state index contributed by atoms with van der Waals surface area (Å²) in [5, 5.41) is 6.74. The zero-order chi connectivity index (χ0) is 14.5. The fourth-order valence-electron chi connectivity index (χ4n) is 2.42. The summed E-state index contributed by atoms with van der Waals surface area (Å²) in [5.41, 5.74) is 2.33. The predicted molar refractivity (Wildman–Crippen MR) is 86.7 cm³/mol. The van der Waals surface area contributed by atoms with Crippen molar-refractivity contribution in [2.45, 2.75) is 13.1 Å². The lowest BCUT2D eigenvalue weighted by Crippen LogP contribution is -2.18. The van der Waals surface area contributed by atoms with E-state index in [1.54, 1.807) is 18.4 Å². The van der Waals surface area contributed by atoms with Gasteiger partial charge in [0.15, 0.2) is 0 Å². The molecule has 0 aliphatic rings. The van der Waals surface area contributed by atoms with Gasteiger partial charge in [0.1, 0.15) is 5.65 Å². The Morgan fingerprint density at radius 1 is 1.33 bits per heavy atom. The lowest BCUT2D eigenvalue weighted by Gasteiger charge is -2.02. The third-order valence-electron chi connectivity index (χ3n) is 3.42. The number of hydrogen-bond acceptors (Lipinski definition) is 4. The molecule has 0 saturated heterocycles. The number of methoxy groups -OCH3 is 1. The van der Waals surface area contributed by atoms with Gasteiger partial charge in [-0.15, -0.1) is 11.3 Å². The Hall–Kier alpha value is -1.69. The van der Waals surface area contributed by atoms with Crippen molar-refractivity contribution in [3.05, 3.63) is 52.5 Å². The molecule has 0 aromatic carbocycles. The summed E-state index contributed by atoms with van der Waals surface area (Å²) in [6.45, 7) is 3.30. The lowest BCUT2D eigenvalue weighted by atomic mass is 10.2. The highest BCUT2D eigenvalue weighted by atomic mass is 32.1. The van der Waals surface area contributed by atoms with Gasteiger partial charge in [0.25, 0.3) is 0 Å². The molecule has 0 atom stereocenters. The normalized spacial score (nSPS) is 11.3. The van der Waals surface area contributed by atoms with Crippen LogP contribution in [0.1, 0.15) is 10.4 Å². The van der Waals surface area contributed by atoms with Crippen LogP contribution < -0.4 is 5.32 Å². The molecule has 1 N–H and O–H groups in total. The van der Waals surface area contributed by atoms with Crippen LogP contribution in [0.15, 0.2) is 42.0 Å². The van der Waals surface area contributed by atoms with Crippen molar-refractivity contribution in [2.75, 3.05) is 20.3 Å². The Labute approximate surface area is 128 Å². The highest BCUT2D eigenvalue weighted by Gasteiger charge is 2.09. The molecule has 0 aliphatic carbocycles. The summed E-state index contributed by atoms with van der Waals surface area (Å²) in [7, 11) is 1.72. The Kier molecular flexibility index (Phi) is 4.65. The molecule has 0 amide bonds. The molecule has 0 fully saturated rings. The van der Waals surface area contributed by atoms with Gasteiger partial charge in [-0.05, 0) is 29.1 Å². The molecule has 4 nitrogen and oxygen atoms in total. The molecule has 5 heteroatoms. The number of thiophene rings is 1. The van der Waals surface area contributed by atoms with Gasteiger partial charge < -0.3 is 14.6 Å². The molecule has 3 rings (SSSR count). The second kappa shape index (κ2) is 6.85. The lowest BCUT2D eigenvalue weighted by molar-refractivity contribution is 0.199. The largest absolute Gasteiger partial charge is 0.383 e. The molecule has 3 aromatic rings. The zero-order valence-corrected chi connectivity index (χ0v) is 12.9. The Bertz CT molecular complexity index is 691. The fraction of sp³-hybridized carbons (Fsp3) is 0.312. The van der Waals surface area contributed by atoms with E-state index in [0.717, 1.165) is 31.9 Å². The first-order chi connectivity index (χ1) is 10.4. The Morgan fingerprint density at radius 3 is 3.10 bits per heavy atom.